The summed E-state index contributed by atoms with van der Waals surface area (Å²) in [7, 11) is 0. The van der Waals surface area contributed by atoms with Crippen molar-refractivity contribution < 1.29 is 9.32 Å². The van der Waals surface area contributed by atoms with Crippen LogP contribution in [-0.2, 0) is 12.8 Å². The molecule has 0 aliphatic heterocycles. The zero-order valence-electron chi connectivity index (χ0n) is 11.9. The van der Waals surface area contributed by atoms with E-state index in [9.17, 15) is 4.79 Å². The Morgan fingerprint density at radius 3 is 2.91 bits per heavy atom. The summed E-state index contributed by atoms with van der Waals surface area (Å²) in [5.74, 6) is 0.657. The van der Waals surface area contributed by atoms with Crippen molar-refractivity contribution in [2.75, 3.05) is 0 Å². The van der Waals surface area contributed by atoms with Gasteiger partial charge in [-0.25, -0.2) is 4.98 Å². The molecule has 6 nitrogen and oxygen atoms in total. The third-order valence-electron chi connectivity index (χ3n) is 3.08. The first-order chi connectivity index (χ1) is 10.6. The highest BCUT2D eigenvalue weighted by atomic mass is 32.1. The molecule has 0 saturated carbocycles. The van der Waals surface area contributed by atoms with Crippen LogP contribution in [-0.4, -0.2) is 21.0 Å². The summed E-state index contributed by atoms with van der Waals surface area (Å²) in [4.78, 5) is 19.9. The van der Waals surface area contributed by atoms with Crippen molar-refractivity contribution in [1.29, 1.82) is 0 Å². The smallest absolute Gasteiger partial charge is 0.248 e. The minimum Gasteiger partial charge on any atom is -0.366 e. The second-order valence-corrected chi connectivity index (χ2v) is 5.94. The van der Waals surface area contributed by atoms with Crippen LogP contribution in [0.25, 0.3) is 0 Å². The van der Waals surface area contributed by atoms with E-state index in [1.54, 1.807) is 29.5 Å². The first-order valence-electron chi connectivity index (χ1n) is 6.71. The molecule has 3 aromatic rings. The average molecular weight is 314 g/mol. The van der Waals surface area contributed by atoms with Gasteiger partial charge < -0.3 is 10.3 Å². The lowest BCUT2D eigenvalue weighted by Gasteiger charge is -1.99. The number of amides is 1. The molecule has 0 spiro atoms. The first kappa shape index (κ1) is 14.4. The summed E-state index contributed by atoms with van der Waals surface area (Å²) >= 11 is 1.59. The van der Waals surface area contributed by atoms with E-state index in [1.165, 1.54) is 0 Å². The standard InChI is InChI=1S/C15H14N4O2S/c1-9-17-12(8-22-9)7-14-18-13(19-21-14)6-10-3-2-4-11(5-10)15(16)20/h2-5,8H,6-7H2,1H3,(H2,16,20). The van der Waals surface area contributed by atoms with Crippen LogP contribution in [0.2, 0.25) is 0 Å². The number of hydrogen-bond acceptors (Lipinski definition) is 6. The fourth-order valence-corrected chi connectivity index (χ4v) is 2.71. The normalized spacial score (nSPS) is 10.8. The highest BCUT2D eigenvalue weighted by Gasteiger charge is 2.10. The van der Waals surface area contributed by atoms with Gasteiger partial charge in [-0.15, -0.1) is 11.3 Å². The Kier molecular flexibility index (Phi) is 3.97. The first-order valence-corrected chi connectivity index (χ1v) is 7.59. The van der Waals surface area contributed by atoms with Crippen molar-refractivity contribution in [2.45, 2.75) is 19.8 Å². The van der Waals surface area contributed by atoms with Gasteiger partial charge in [0.2, 0.25) is 11.8 Å². The van der Waals surface area contributed by atoms with Crippen LogP contribution in [0.1, 0.15) is 38.3 Å². The summed E-state index contributed by atoms with van der Waals surface area (Å²) in [6.45, 7) is 1.96. The van der Waals surface area contributed by atoms with Gasteiger partial charge in [-0.3, -0.25) is 4.79 Å². The highest BCUT2D eigenvalue weighted by Crippen LogP contribution is 2.14. The largest absolute Gasteiger partial charge is 0.366 e. The van der Waals surface area contributed by atoms with Gasteiger partial charge in [0.1, 0.15) is 0 Å². The van der Waals surface area contributed by atoms with Gasteiger partial charge in [-0.1, -0.05) is 17.3 Å². The minimum absolute atomic E-state index is 0.449. The Balaban J connectivity index is 1.71. The van der Waals surface area contributed by atoms with Crippen LogP contribution in [0.4, 0.5) is 0 Å². The van der Waals surface area contributed by atoms with Crippen LogP contribution in [0.3, 0.4) is 0 Å². The van der Waals surface area contributed by atoms with E-state index in [-0.39, 0.29) is 0 Å². The van der Waals surface area contributed by atoms with Gasteiger partial charge in [-0.2, -0.15) is 4.98 Å². The topological polar surface area (TPSA) is 94.9 Å². The number of carbonyl (C=O) groups is 1. The van der Waals surface area contributed by atoms with Crippen molar-refractivity contribution >= 4 is 17.2 Å². The van der Waals surface area contributed by atoms with Crippen LogP contribution >= 0.6 is 11.3 Å². The molecular formula is C15H14N4O2S. The average Bonchev–Trinajstić information content (AvgIpc) is 3.09. The molecule has 1 amide bonds. The van der Waals surface area contributed by atoms with Gasteiger partial charge in [0.05, 0.1) is 17.1 Å². The van der Waals surface area contributed by atoms with Crippen LogP contribution < -0.4 is 5.73 Å². The maximum atomic E-state index is 11.2. The highest BCUT2D eigenvalue weighted by molar-refractivity contribution is 7.09. The molecule has 0 saturated heterocycles. The van der Waals surface area contributed by atoms with Crippen molar-refractivity contribution in [1.82, 2.24) is 15.1 Å². The molecule has 0 atom stereocenters. The minimum atomic E-state index is -0.449. The monoisotopic (exact) mass is 314 g/mol. The fraction of sp³-hybridized carbons (Fsp3) is 0.200. The Labute approximate surface area is 131 Å². The molecule has 0 fully saturated rings. The molecule has 1 aromatic carbocycles. The predicted octanol–water partition coefficient (Wildman–Crippen LogP) is 2.12. The third kappa shape index (κ3) is 3.37. The van der Waals surface area contributed by atoms with Crippen molar-refractivity contribution in [3.63, 3.8) is 0 Å². The van der Waals surface area contributed by atoms with Crippen LogP contribution in [0, 0.1) is 6.92 Å². The number of primary amides is 1. The van der Waals surface area contributed by atoms with E-state index in [4.69, 9.17) is 10.3 Å². The number of rotatable bonds is 5. The summed E-state index contributed by atoms with van der Waals surface area (Å²) in [5.41, 5.74) is 7.58. The molecule has 3 rings (SSSR count). The molecule has 0 aliphatic carbocycles. The number of nitrogens with zero attached hydrogens (tertiary/aromatic N) is 3. The van der Waals surface area contributed by atoms with Gasteiger partial charge in [0.25, 0.3) is 0 Å². The summed E-state index contributed by atoms with van der Waals surface area (Å²) in [6.07, 6.45) is 1.01. The van der Waals surface area contributed by atoms with Gasteiger partial charge in [-0.05, 0) is 24.6 Å². The second kappa shape index (κ2) is 6.07. The Hall–Kier alpha value is -2.54. The molecule has 0 radical (unpaired) electrons. The van der Waals surface area contributed by atoms with Crippen molar-refractivity contribution in [2.24, 2.45) is 5.73 Å². The quantitative estimate of drug-likeness (QED) is 0.778. The zero-order valence-corrected chi connectivity index (χ0v) is 12.8. The number of aromatic nitrogens is 3. The molecular weight excluding hydrogens is 300 g/mol. The molecule has 2 heterocycles. The molecule has 0 bridgehead atoms. The van der Waals surface area contributed by atoms with E-state index in [2.05, 4.69) is 15.1 Å². The number of aryl methyl sites for hydroxylation is 1. The Morgan fingerprint density at radius 1 is 1.32 bits per heavy atom. The molecule has 22 heavy (non-hydrogen) atoms. The number of carbonyl (C=O) groups excluding carboxylic acids is 1. The summed E-state index contributed by atoms with van der Waals surface area (Å²) in [6, 6.07) is 7.10. The zero-order chi connectivity index (χ0) is 15.5. The second-order valence-electron chi connectivity index (χ2n) is 4.88. The van der Waals surface area contributed by atoms with E-state index >= 15 is 0 Å². The summed E-state index contributed by atoms with van der Waals surface area (Å²) in [5, 5.41) is 6.96. The number of hydrogen-bond donors (Lipinski definition) is 1. The molecule has 0 aliphatic rings. The Bertz CT molecular complexity index is 809. The number of thiazole rings is 1. The Morgan fingerprint density at radius 2 is 2.18 bits per heavy atom. The summed E-state index contributed by atoms with van der Waals surface area (Å²) < 4.78 is 5.24. The van der Waals surface area contributed by atoms with Crippen LogP contribution in [0.5, 0.6) is 0 Å². The third-order valence-corrected chi connectivity index (χ3v) is 3.91. The van der Waals surface area contributed by atoms with E-state index in [1.807, 2.05) is 18.4 Å². The fourth-order valence-electron chi connectivity index (χ4n) is 2.10. The van der Waals surface area contributed by atoms with E-state index < -0.39 is 5.91 Å². The maximum absolute atomic E-state index is 11.2. The number of benzene rings is 1. The molecule has 112 valence electrons. The number of nitrogens with two attached hydrogens (primary N) is 1. The lowest BCUT2D eigenvalue weighted by Crippen LogP contribution is -2.11. The molecule has 0 unspecified atom stereocenters. The van der Waals surface area contributed by atoms with Crippen molar-refractivity contribution in [3.8, 4) is 0 Å². The van der Waals surface area contributed by atoms with E-state index in [0.717, 1.165) is 16.3 Å². The van der Waals surface area contributed by atoms with Gasteiger partial charge in [0.15, 0.2) is 5.82 Å². The molecule has 2 aromatic heterocycles. The SMILES string of the molecule is Cc1nc(Cc2nc(Cc3cccc(C(N)=O)c3)no2)cs1. The lowest BCUT2D eigenvalue weighted by atomic mass is 10.1. The predicted molar refractivity (Wildman–Crippen MR) is 81.7 cm³/mol. The van der Waals surface area contributed by atoms with Gasteiger partial charge >= 0.3 is 0 Å². The van der Waals surface area contributed by atoms with Crippen LogP contribution in [0.15, 0.2) is 34.2 Å². The molecule has 7 heteroatoms. The van der Waals surface area contributed by atoms with Crippen molar-refractivity contribution in [3.05, 3.63) is 63.2 Å². The molecule has 2 N–H and O–H groups in total. The van der Waals surface area contributed by atoms with E-state index in [0.29, 0.717) is 30.1 Å². The lowest BCUT2D eigenvalue weighted by molar-refractivity contribution is 0.1000. The van der Waals surface area contributed by atoms with Gasteiger partial charge in [0, 0.05) is 17.4 Å². The maximum Gasteiger partial charge on any atom is 0.248 e.